The average molecular weight is 457 g/mol. The number of aliphatic hydroxyl groups is 2. The van der Waals surface area contributed by atoms with Crippen molar-refractivity contribution >= 4 is 11.8 Å². The topological polar surface area (TPSA) is 117 Å². The number of hydrogen-bond acceptors (Lipinski definition) is 6. The van der Waals surface area contributed by atoms with Crippen molar-refractivity contribution in [1.29, 1.82) is 0 Å². The molecular formula is C24H32N4O5. The van der Waals surface area contributed by atoms with Gasteiger partial charge in [-0.15, -0.1) is 0 Å². The summed E-state index contributed by atoms with van der Waals surface area (Å²) >= 11 is 0. The zero-order valence-electron chi connectivity index (χ0n) is 18.7. The van der Waals surface area contributed by atoms with Gasteiger partial charge < -0.3 is 29.7 Å². The molecule has 9 heteroatoms. The third-order valence-corrected chi connectivity index (χ3v) is 6.83. The molecule has 1 saturated heterocycles. The van der Waals surface area contributed by atoms with Crippen LogP contribution in [0.5, 0.6) is 5.75 Å². The normalized spacial score (nSPS) is 23.6. The summed E-state index contributed by atoms with van der Waals surface area (Å²) in [5.41, 5.74) is 0.361. The van der Waals surface area contributed by atoms with Gasteiger partial charge in [0.15, 0.2) is 6.61 Å². The van der Waals surface area contributed by atoms with Gasteiger partial charge in [0, 0.05) is 51.4 Å². The molecule has 2 aromatic rings. The summed E-state index contributed by atoms with van der Waals surface area (Å²) in [5.74, 6) is 0.400. The standard InChI is InChI=1S/C24H32N4O5/c29-19-13-18-3-1-2-4-21(18)33-15-22(31)26-16-24(14-20(19)30)6-10-28(11-7-24)23(32)5-9-27-12-8-25-17-27/h1-4,8,12,17,19-20,29-30H,5-7,9-11,13-16H2,(H,26,31)/t19-,20+/m0/s1. The number of nitrogens with zero attached hydrogens (tertiary/aromatic N) is 3. The zero-order chi connectivity index (χ0) is 23.3. The number of aromatic nitrogens is 2. The van der Waals surface area contributed by atoms with Crippen LogP contribution in [0.25, 0.3) is 0 Å². The maximum absolute atomic E-state index is 12.7. The Hall–Kier alpha value is -2.91. The quantitative estimate of drug-likeness (QED) is 0.628. The second-order valence-corrected chi connectivity index (χ2v) is 9.15. The fourth-order valence-electron chi connectivity index (χ4n) is 4.72. The van der Waals surface area contributed by atoms with Crippen molar-refractivity contribution in [3.8, 4) is 5.75 Å². The van der Waals surface area contributed by atoms with Gasteiger partial charge in [0.05, 0.1) is 18.5 Å². The van der Waals surface area contributed by atoms with Crippen LogP contribution in [-0.4, -0.2) is 74.9 Å². The van der Waals surface area contributed by atoms with Crippen LogP contribution >= 0.6 is 0 Å². The number of rotatable bonds is 3. The van der Waals surface area contributed by atoms with Crippen LogP contribution in [-0.2, 0) is 22.6 Å². The van der Waals surface area contributed by atoms with Crippen molar-refractivity contribution in [1.82, 2.24) is 19.8 Å². The highest BCUT2D eigenvalue weighted by Gasteiger charge is 2.39. The van der Waals surface area contributed by atoms with Gasteiger partial charge in [0.25, 0.3) is 5.91 Å². The lowest BCUT2D eigenvalue weighted by Crippen LogP contribution is -2.51. The maximum atomic E-state index is 12.7. The van der Waals surface area contributed by atoms with Crippen molar-refractivity contribution in [3.63, 3.8) is 0 Å². The Bertz CT molecular complexity index is 940. The minimum atomic E-state index is -0.948. The van der Waals surface area contributed by atoms with Gasteiger partial charge in [0.2, 0.25) is 5.91 Å². The number of ether oxygens (including phenoxy) is 1. The molecule has 0 radical (unpaired) electrons. The molecule has 1 fully saturated rings. The van der Waals surface area contributed by atoms with Crippen molar-refractivity contribution in [2.24, 2.45) is 5.41 Å². The van der Waals surface area contributed by atoms with Gasteiger partial charge in [-0.3, -0.25) is 9.59 Å². The predicted molar refractivity (Wildman–Crippen MR) is 120 cm³/mol. The number of aliphatic hydroxyl groups excluding tert-OH is 2. The maximum Gasteiger partial charge on any atom is 0.257 e. The lowest BCUT2D eigenvalue weighted by atomic mass is 9.73. The molecule has 2 aliphatic rings. The molecule has 3 heterocycles. The Kier molecular flexibility index (Phi) is 7.29. The number of carbonyl (C=O) groups is 2. The summed E-state index contributed by atoms with van der Waals surface area (Å²) < 4.78 is 7.55. The fourth-order valence-corrected chi connectivity index (χ4v) is 4.72. The molecule has 33 heavy (non-hydrogen) atoms. The summed E-state index contributed by atoms with van der Waals surface area (Å²) in [6.45, 7) is 1.97. The third kappa shape index (κ3) is 5.91. The number of imidazole rings is 1. The molecule has 178 valence electrons. The predicted octanol–water partition coefficient (Wildman–Crippen LogP) is 0.745. The summed E-state index contributed by atoms with van der Waals surface area (Å²) in [6, 6.07) is 7.24. The molecule has 0 aliphatic carbocycles. The molecular weight excluding hydrogens is 424 g/mol. The van der Waals surface area contributed by atoms with Crippen molar-refractivity contribution in [3.05, 3.63) is 48.5 Å². The molecule has 3 N–H and O–H groups in total. The minimum Gasteiger partial charge on any atom is -0.483 e. The third-order valence-electron chi connectivity index (χ3n) is 6.83. The van der Waals surface area contributed by atoms with Gasteiger partial charge >= 0.3 is 0 Å². The molecule has 2 amide bonds. The Morgan fingerprint density at radius 2 is 2.00 bits per heavy atom. The van der Waals surface area contributed by atoms with Crippen LogP contribution in [0.2, 0.25) is 0 Å². The van der Waals surface area contributed by atoms with Gasteiger partial charge in [-0.1, -0.05) is 18.2 Å². The largest absolute Gasteiger partial charge is 0.483 e. The van der Waals surface area contributed by atoms with E-state index in [0.717, 1.165) is 5.56 Å². The van der Waals surface area contributed by atoms with Crippen LogP contribution < -0.4 is 10.1 Å². The smallest absolute Gasteiger partial charge is 0.257 e. The van der Waals surface area contributed by atoms with E-state index in [9.17, 15) is 19.8 Å². The first-order chi connectivity index (χ1) is 15.9. The number of piperidine rings is 1. The van der Waals surface area contributed by atoms with Gasteiger partial charge in [-0.2, -0.15) is 0 Å². The Balaban J connectivity index is 1.40. The van der Waals surface area contributed by atoms with Crippen LogP contribution in [0.1, 0.15) is 31.2 Å². The molecule has 2 atom stereocenters. The molecule has 0 bridgehead atoms. The summed E-state index contributed by atoms with van der Waals surface area (Å²) in [5, 5.41) is 24.5. The second-order valence-electron chi connectivity index (χ2n) is 9.15. The molecule has 9 nitrogen and oxygen atoms in total. The van der Waals surface area contributed by atoms with E-state index in [1.807, 2.05) is 33.9 Å². The minimum absolute atomic E-state index is 0.0846. The van der Waals surface area contributed by atoms with Crippen LogP contribution in [0.3, 0.4) is 0 Å². The van der Waals surface area contributed by atoms with Crippen molar-refractivity contribution in [2.75, 3.05) is 26.2 Å². The number of benzene rings is 1. The van der Waals surface area contributed by atoms with Gasteiger partial charge in [-0.05, 0) is 36.3 Å². The van der Waals surface area contributed by atoms with Gasteiger partial charge in [-0.25, -0.2) is 4.98 Å². The monoisotopic (exact) mass is 456 g/mol. The number of carbonyl (C=O) groups excluding carboxylic acids is 2. The molecule has 4 rings (SSSR count). The van der Waals surface area contributed by atoms with Gasteiger partial charge in [0.1, 0.15) is 5.75 Å². The average Bonchev–Trinajstić information content (AvgIpc) is 3.34. The lowest BCUT2D eigenvalue weighted by molar-refractivity contribution is -0.135. The number of nitrogens with one attached hydrogen (secondary N) is 1. The number of para-hydroxylation sites is 1. The molecule has 1 aromatic carbocycles. The molecule has 2 aliphatic heterocycles. The summed E-state index contributed by atoms with van der Waals surface area (Å²) in [4.78, 5) is 30.9. The highest BCUT2D eigenvalue weighted by atomic mass is 16.5. The summed E-state index contributed by atoms with van der Waals surface area (Å²) in [6.07, 6.45) is 5.62. The second kappa shape index (κ2) is 10.4. The lowest BCUT2D eigenvalue weighted by Gasteiger charge is -2.43. The highest BCUT2D eigenvalue weighted by molar-refractivity contribution is 5.77. The van der Waals surface area contributed by atoms with E-state index < -0.39 is 17.6 Å². The fraction of sp³-hybridized carbons (Fsp3) is 0.542. The first-order valence-electron chi connectivity index (χ1n) is 11.5. The molecule has 1 spiro atoms. The van der Waals surface area contributed by atoms with E-state index in [2.05, 4.69) is 10.3 Å². The Morgan fingerprint density at radius 1 is 1.21 bits per heavy atom. The zero-order valence-corrected chi connectivity index (χ0v) is 18.7. The Morgan fingerprint density at radius 3 is 2.76 bits per heavy atom. The first kappa shape index (κ1) is 23.3. The van der Waals surface area contributed by atoms with E-state index >= 15 is 0 Å². The highest BCUT2D eigenvalue weighted by Crippen LogP contribution is 2.37. The van der Waals surface area contributed by atoms with E-state index in [-0.39, 0.29) is 24.8 Å². The van der Waals surface area contributed by atoms with Crippen LogP contribution in [0.4, 0.5) is 0 Å². The van der Waals surface area contributed by atoms with Crippen LogP contribution in [0.15, 0.2) is 43.0 Å². The first-order valence-corrected chi connectivity index (χ1v) is 11.5. The van der Waals surface area contributed by atoms with Crippen molar-refractivity contribution in [2.45, 2.75) is 50.9 Å². The van der Waals surface area contributed by atoms with E-state index in [4.69, 9.17) is 4.74 Å². The number of amides is 2. The Labute approximate surface area is 193 Å². The van der Waals surface area contributed by atoms with E-state index in [1.165, 1.54) is 0 Å². The molecule has 1 aromatic heterocycles. The van der Waals surface area contributed by atoms with E-state index in [0.29, 0.717) is 57.6 Å². The van der Waals surface area contributed by atoms with Crippen molar-refractivity contribution < 1.29 is 24.5 Å². The number of fused-ring (bicyclic) bond motifs is 1. The number of likely N-dealkylation sites (tertiary alicyclic amines) is 1. The molecule has 0 unspecified atom stereocenters. The summed E-state index contributed by atoms with van der Waals surface area (Å²) in [7, 11) is 0. The van der Waals surface area contributed by atoms with E-state index in [1.54, 1.807) is 18.6 Å². The SMILES string of the molecule is O=C1COc2ccccc2C[C@H](O)[C@H](O)CC2(CCN(C(=O)CCn3ccnc3)CC2)CN1. The molecule has 0 saturated carbocycles. The van der Waals surface area contributed by atoms with Crippen LogP contribution in [0, 0.1) is 5.41 Å². The number of hydrogen-bond donors (Lipinski definition) is 3. The number of aryl methyl sites for hydroxylation is 1.